The minimum Gasteiger partial charge on any atom is -0.497 e. The summed E-state index contributed by atoms with van der Waals surface area (Å²) in [5, 5.41) is 2.52. The van der Waals surface area contributed by atoms with Gasteiger partial charge in [-0.1, -0.05) is 6.07 Å². The van der Waals surface area contributed by atoms with Crippen molar-refractivity contribution in [1.29, 1.82) is 0 Å². The zero-order valence-corrected chi connectivity index (χ0v) is 13.8. The van der Waals surface area contributed by atoms with Gasteiger partial charge < -0.3 is 19.5 Å². The van der Waals surface area contributed by atoms with Gasteiger partial charge in [-0.05, 0) is 13.0 Å². The molecule has 1 N–H and O–H groups in total. The number of esters is 1. The van der Waals surface area contributed by atoms with Gasteiger partial charge in [0.05, 0.1) is 20.6 Å². The summed E-state index contributed by atoms with van der Waals surface area (Å²) in [6.07, 6.45) is -1.10. The van der Waals surface area contributed by atoms with Crippen molar-refractivity contribution in [3.8, 4) is 11.5 Å². The van der Waals surface area contributed by atoms with E-state index in [0.717, 1.165) is 4.90 Å². The Morgan fingerprint density at radius 1 is 1.29 bits per heavy atom. The van der Waals surface area contributed by atoms with Crippen molar-refractivity contribution in [3.05, 3.63) is 23.8 Å². The lowest BCUT2D eigenvalue weighted by molar-refractivity contribution is -0.156. The maximum Gasteiger partial charge on any atom is 0.324 e. The highest BCUT2D eigenvalue weighted by Crippen LogP contribution is 2.25. The second-order valence-electron chi connectivity index (χ2n) is 5.21. The second-order valence-corrected chi connectivity index (χ2v) is 5.21. The summed E-state index contributed by atoms with van der Waals surface area (Å²) in [4.78, 5) is 36.7. The van der Waals surface area contributed by atoms with Crippen molar-refractivity contribution < 1.29 is 28.6 Å². The molecule has 0 saturated carbocycles. The van der Waals surface area contributed by atoms with Gasteiger partial charge in [-0.15, -0.1) is 0 Å². The Kier molecular flexibility index (Phi) is 5.62. The van der Waals surface area contributed by atoms with E-state index >= 15 is 0 Å². The lowest BCUT2D eigenvalue weighted by Gasteiger charge is -2.18. The fourth-order valence-corrected chi connectivity index (χ4v) is 2.34. The summed E-state index contributed by atoms with van der Waals surface area (Å²) in [6, 6.07) is 4.58. The van der Waals surface area contributed by atoms with Gasteiger partial charge in [-0.25, -0.2) is 4.79 Å². The monoisotopic (exact) mass is 336 g/mol. The Bertz CT molecular complexity index is 645. The van der Waals surface area contributed by atoms with Crippen LogP contribution in [0.5, 0.6) is 11.5 Å². The van der Waals surface area contributed by atoms with Crippen LogP contribution >= 0.6 is 0 Å². The van der Waals surface area contributed by atoms with Gasteiger partial charge in [0.15, 0.2) is 6.10 Å². The number of imide groups is 1. The van der Waals surface area contributed by atoms with Gasteiger partial charge in [0, 0.05) is 24.7 Å². The standard InChI is InChI=1S/C16H20N2O6/c1-10(15(20)18-7-6-17-16(18)21)24-14(19)8-11-4-5-12(22-2)9-13(11)23-3/h4-5,9-10H,6-8H2,1-3H3,(H,17,21)/t10-/m1/s1. The number of benzene rings is 1. The number of nitrogens with zero attached hydrogens (tertiary/aromatic N) is 1. The molecule has 1 aromatic carbocycles. The largest absolute Gasteiger partial charge is 0.497 e. The number of carbonyl (C=O) groups excluding carboxylic acids is 3. The molecule has 1 saturated heterocycles. The van der Waals surface area contributed by atoms with Gasteiger partial charge in [0.25, 0.3) is 5.91 Å². The van der Waals surface area contributed by atoms with Gasteiger partial charge in [-0.3, -0.25) is 14.5 Å². The molecule has 1 aliphatic rings. The Hall–Kier alpha value is -2.77. The molecule has 0 radical (unpaired) electrons. The highest BCUT2D eigenvalue weighted by molar-refractivity contribution is 5.98. The van der Waals surface area contributed by atoms with Crippen molar-refractivity contribution in [1.82, 2.24) is 10.2 Å². The summed E-state index contributed by atoms with van der Waals surface area (Å²) in [5.74, 6) is -0.0317. The number of urea groups is 1. The van der Waals surface area contributed by atoms with Crippen molar-refractivity contribution in [3.63, 3.8) is 0 Å². The molecule has 24 heavy (non-hydrogen) atoms. The molecular formula is C16H20N2O6. The summed E-state index contributed by atoms with van der Waals surface area (Å²) in [5.41, 5.74) is 0.613. The quantitative estimate of drug-likeness (QED) is 0.770. The molecule has 1 fully saturated rings. The Labute approximate surface area is 139 Å². The Morgan fingerprint density at radius 3 is 2.62 bits per heavy atom. The maximum atomic E-state index is 12.1. The second kappa shape index (κ2) is 7.67. The topological polar surface area (TPSA) is 94.2 Å². The van der Waals surface area contributed by atoms with E-state index in [9.17, 15) is 14.4 Å². The summed E-state index contributed by atoms with van der Waals surface area (Å²) >= 11 is 0. The van der Waals surface area contributed by atoms with E-state index in [2.05, 4.69) is 5.32 Å². The van der Waals surface area contributed by atoms with Crippen LogP contribution in [-0.4, -0.2) is 56.2 Å². The highest BCUT2D eigenvalue weighted by atomic mass is 16.5. The normalized spacial score (nSPS) is 14.8. The lowest BCUT2D eigenvalue weighted by Crippen LogP contribution is -2.42. The molecule has 0 aliphatic carbocycles. The number of hydrogen-bond donors (Lipinski definition) is 1. The van der Waals surface area contributed by atoms with Gasteiger partial charge in [-0.2, -0.15) is 0 Å². The van der Waals surface area contributed by atoms with Crippen molar-refractivity contribution in [2.45, 2.75) is 19.4 Å². The van der Waals surface area contributed by atoms with E-state index < -0.39 is 24.0 Å². The lowest BCUT2D eigenvalue weighted by atomic mass is 10.1. The molecule has 1 heterocycles. The first-order valence-corrected chi connectivity index (χ1v) is 7.46. The predicted octanol–water partition coefficient (Wildman–Crippen LogP) is 0.730. The van der Waals surface area contributed by atoms with Crippen LogP contribution in [0, 0.1) is 0 Å². The van der Waals surface area contributed by atoms with Crippen LogP contribution in [0.3, 0.4) is 0 Å². The third-order valence-corrected chi connectivity index (χ3v) is 3.61. The SMILES string of the molecule is COc1ccc(CC(=O)O[C@H](C)C(=O)N2CCNC2=O)c(OC)c1. The van der Waals surface area contributed by atoms with Crippen LogP contribution in [0.2, 0.25) is 0 Å². The Balaban J connectivity index is 1.97. The van der Waals surface area contributed by atoms with E-state index in [4.69, 9.17) is 14.2 Å². The average Bonchev–Trinajstić information content (AvgIpc) is 3.00. The number of methoxy groups -OCH3 is 2. The van der Waals surface area contributed by atoms with Crippen LogP contribution in [-0.2, 0) is 20.7 Å². The molecule has 8 nitrogen and oxygen atoms in total. The van der Waals surface area contributed by atoms with Crippen molar-refractivity contribution in [2.75, 3.05) is 27.3 Å². The molecule has 0 aromatic heterocycles. The molecule has 1 aromatic rings. The van der Waals surface area contributed by atoms with E-state index in [0.29, 0.717) is 23.6 Å². The van der Waals surface area contributed by atoms with E-state index in [1.165, 1.54) is 21.1 Å². The van der Waals surface area contributed by atoms with Crippen LogP contribution in [0.1, 0.15) is 12.5 Å². The maximum absolute atomic E-state index is 12.1. The number of nitrogens with one attached hydrogen (secondary N) is 1. The number of carbonyl (C=O) groups is 3. The predicted molar refractivity (Wildman–Crippen MR) is 83.9 cm³/mol. The molecule has 0 unspecified atom stereocenters. The molecule has 1 atom stereocenters. The van der Waals surface area contributed by atoms with Crippen molar-refractivity contribution >= 4 is 17.9 Å². The first-order valence-electron chi connectivity index (χ1n) is 7.46. The molecule has 0 bridgehead atoms. The molecule has 2 rings (SSSR count). The minimum absolute atomic E-state index is 0.0585. The zero-order valence-electron chi connectivity index (χ0n) is 13.8. The average molecular weight is 336 g/mol. The van der Waals surface area contributed by atoms with Crippen molar-refractivity contribution in [2.24, 2.45) is 0 Å². The zero-order chi connectivity index (χ0) is 17.7. The number of ether oxygens (including phenoxy) is 3. The Morgan fingerprint density at radius 2 is 2.04 bits per heavy atom. The third kappa shape index (κ3) is 3.95. The molecule has 3 amide bonds. The number of hydrogen-bond acceptors (Lipinski definition) is 6. The summed E-state index contributed by atoms with van der Waals surface area (Å²) in [6.45, 7) is 2.11. The van der Waals surface area contributed by atoms with Crippen LogP contribution in [0.4, 0.5) is 4.79 Å². The fourth-order valence-electron chi connectivity index (χ4n) is 2.34. The summed E-state index contributed by atoms with van der Waals surface area (Å²) in [7, 11) is 3.02. The first-order chi connectivity index (χ1) is 11.5. The van der Waals surface area contributed by atoms with E-state index in [1.54, 1.807) is 18.2 Å². The van der Waals surface area contributed by atoms with E-state index in [-0.39, 0.29) is 13.0 Å². The van der Waals surface area contributed by atoms with Crippen LogP contribution in [0.15, 0.2) is 18.2 Å². The van der Waals surface area contributed by atoms with Gasteiger partial charge in [0.1, 0.15) is 11.5 Å². The minimum atomic E-state index is -1.04. The first kappa shape index (κ1) is 17.6. The molecule has 0 spiro atoms. The van der Waals surface area contributed by atoms with Crippen LogP contribution < -0.4 is 14.8 Å². The third-order valence-electron chi connectivity index (χ3n) is 3.61. The molecule has 8 heteroatoms. The van der Waals surface area contributed by atoms with Crippen LogP contribution in [0.25, 0.3) is 0 Å². The molecular weight excluding hydrogens is 316 g/mol. The summed E-state index contributed by atoms with van der Waals surface area (Å²) < 4.78 is 15.5. The van der Waals surface area contributed by atoms with Gasteiger partial charge in [0.2, 0.25) is 0 Å². The van der Waals surface area contributed by atoms with E-state index in [1.807, 2.05) is 0 Å². The fraction of sp³-hybridized carbons (Fsp3) is 0.438. The highest BCUT2D eigenvalue weighted by Gasteiger charge is 2.31. The molecule has 1 aliphatic heterocycles. The van der Waals surface area contributed by atoms with Gasteiger partial charge >= 0.3 is 12.0 Å². The number of rotatable bonds is 6. The molecule has 130 valence electrons. The number of amides is 3. The smallest absolute Gasteiger partial charge is 0.324 e.